The number of hydrogen-bond acceptors (Lipinski definition) is 2. The van der Waals surface area contributed by atoms with Gasteiger partial charge in [-0.1, -0.05) is 20.8 Å². The van der Waals surface area contributed by atoms with Crippen LogP contribution >= 0.6 is 11.8 Å². The van der Waals surface area contributed by atoms with Crippen molar-refractivity contribution >= 4 is 17.5 Å². The standard InChI is InChI=1S/C7H14OS/c1-7(2,3)6(8)5-9-4/h5H2,1-4H3. The minimum atomic E-state index is -0.150. The summed E-state index contributed by atoms with van der Waals surface area (Å²) in [4.78, 5) is 11.0. The number of ketones is 1. The molecule has 0 radical (unpaired) electrons. The molecule has 0 saturated carbocycles. The predicted octanol–water partition coefficient (Wildman–Crippen LogP) is 1.96. The van der Waals surface area contributed by atoms with Crippen LogP contribution < -0.4 is 0 Å². The molecule has 0 aromatic heterocycles. The Kier molecular flexibility index (Phi) is 3.26. The number of carbonyl (C=O) groups is 1. The van der Waals surface area contributed by atoms with Crippen LogP contribution in [0.25, 0.3) is 0 Å². The topological polar surface area (TPSA) is 17.1 Å². The summed E-state index contributed by atoms with van der Waals surface area (Å²) in [6.07, 6.45) is 1.95. The van der Waals surface area contributed by atoms with Crippen LogP contribution in [-0.4, -0.2) is 17.8 Å². The van der Waals surface area contributed by atoms with E-state index in [1.165, 1.54) is 0 Å². The van der Waals surface area contributed by atoms with Crippen molar-refractivity contribution in [3.8, 4) is 0 Å². The molecule has 0 rings (SSSR count). The molecular weight excluding hydrogens is 132 g/mol. The van der Waals surface area contributed by atoms with E-state index in [1.807, 2.05) is 27.0 Å². The van der Waals surface area contributed by atoms with Crippen LogP contribution in [0.2, 0.25) is 0 Å². The molecule has 0 spiro atoms. The largest absolute Gasteiger partial charge is 0.298 e. The van der Waals surface area contributed by atoms with Gasteiger partial charge in [0.1, 0.15) is 5.78 Å². The zero-order chi connectivity index (χ0) is 7.49. The lowest BCUT2D eigenvalue weighted by molar-refractivity contribution is -0.123. The van der Waals surface area contributed by atoms with Crippen LogP contribution in [0.4, 0.5) is 0 Å². The summed E-state index contributed by atoms with van der Waals surface area (Å²) < 4.78 is 0. The van der Waals surface area contributed by atoms with Crippen molar-refractivity contribution in [1.29, 1.82) is 0 Å². The van der Waals surface area contributed by atoms with E-state index >= 15 is 0 Å². The molecule has 1 nitrogen and oxygen atoms in total. The zero-order valence-corrected chi connectivity index (χ0v) is 7.34. The summed E-state index contributed by atoms with van der Waals surface area (Å²) in [7, 11) is 0. The van der Waals surface area contributed by atoms with Gasteiger partial charge < -0.3 is 0 Å². The zero-order valence-electron chi connectivity index (χ0n) is 6.52. The Morgan fingerprint density at radius 3 is 2.00 bits per heavy atom. The van der Waals surface area contributed by atoms with Crippen molar-refractivity contribution < 1.29 is 4.79 Å². The number of thioether (sulfide) groups is 1. The molecule has 0 amide bonds. The highest BCUT2D eigenvalue weighted by molar-refractivity contribution is 7.99. The van der Waals surface area contributed by atoms with Gasteiger partial charge in [0.2, 0.25) is 0 Å². The van der Waals surface area contributed by atoms with Gasteiger partial charge in [-0.25, -0.2) is 0 Å². The summed E-state index contributed by atoms with van der Waals surface area (Å²) in [6, 6.07) is 0. The van der Waals surface area contributed by atoms with E-state index in [1.54, 1.807) is 11.8 Å². The van der Waals surface area contributed by atoms with Crippen LogP contribution in [0.15, 0.2) is 0 Å². The Morgan fingerprint density at radius 2 is 1.89 bits per heavy atom. The Morgan fingerprint density at radius 1 is 1.44 bits per heavy atom. The second-order valence-electron chi connectivity index (χ2n) is 3.11. The van der Waals surface area contributed by atoms with E-state index in [0.29, 0.717) is 11.5 Å². The van der Waals surface area contributed by atoms with Gasteiger partial charge in [-0.3, -0.25) is 4.79 Å². The van der Waals surface area contributed by atoms with Crippen molar-refractivity contribution in [2.24, 2.45) is 5.41 Å². The molecule has 0 atom stereocenters. The van der Waals surface area contributed by atoms with Gasteiger partial charge >= 0.3 is 0 Å². The Hall–Kier alpha value is 0.0200. The normalized spacial score (nSPS) is 11.6. The molecule has 0 heterocycles. The van der Waals surface area contributed by atoms with Gasteiger partial charge in [0, 0.05) is 5.41 Å². The van der Waals surface area contributed by atoms with Crippen LogP contribution in [-0.2, 0) is 4.79 Å². The molecule has 0 N–H and O–H groups in total. The molecule has 0 aromatic carbocycles. The minimum absolute atomic E-state index is 0.150. The van der Waals surface area contributed by atoms with Crippen LogP contribution in [0.1, 0.15) is 20.8 Å². The van der Waals surface area contributed by atoms with Crippen molar-refractivity contribution in [2.75, 3.05) is 12.0 Å². The number of rotatable bonds is 2. The summed E-state index contributed by atoms with van der Waals surface area (Å²) in [5.41, 5.74) is -0.150. The molecule has 0 unspecified atom stereocenters. The quantitative estimate of drug-likeness (QED) is 0.592. The van der Waals surface area contributed by atoms with E-state index in [4.69, 9.17) is 0 Å². The fourth-order valence-corrected chi connectivity index (χ4v) is 1.04. The lowest BCUT2D eigenvalue weighted by Crippen LogP contribution is -2.21. The number of carbonyl (C=O) groups excluding carboxylic acids is 1. The van der Waals surface area contributed by atoms with Crippen LogP contribution in [0.3, 0.4) is 0 Å². The highest BCUT2D eigenvalue weighted by Crippen LogP contribution is 2.16. The molecule has 0 bridgehead atoms. The molecule has 0 fully saturated rings. The summed E-state index contributed by atoms with van der Waals surface area (Å²) in [5, 5.41) is 0. The van der Waals surface area contributed by atoms with Gasteiger partial charge in [0.25, 0.3) is 0 Å². The maximum absolute atomic E-state index is 11.0. The van der Waals surface area contributed by atoms with E-state index in [0.717, 1.165) is 0 Å². The average Bonchev–Trinajstić information content (AvgIpc) is 1.64. The summed E-state index contributed by atoms with van der Waals surface area (Å²) in [5.74, 6) is 0.971. The van der Waals surface area contributed by atoms with Crippen LogP contribution in [0.5, 0.6) is 0 Å². The fraction of sp³-hybridized carbons (Fsp3) is 0.857. The third kappa shape index (κ3) is 3.57. The van der Waals surface area contributed by atoms with Crippen molar-refractivity contribution in [3.63, 3.8) is 0 Å². The summed E-state index contributed by atoms with van der Waals surface area (Å²) in [6.45, 7) is 5.85. The van der Waals surface area contributed by atoms with Gasteiger partial charge in [-0.05, 0) is 6.26 Å². The van der Waals surface area contributed by atoms with Gasteiger partial charge in [-0.15, -0.1) is 0 Å². The molecule has 0 saturated heterocycles. The second-order valence-corrected chi connectivity index (χ2v) is 3.97. The first-order valence-electron chi connectivity index (χ1n) is 3.00. The fourth-order valence-electron chi connectivity index (χ4n) is 0.348. The third-order valence-electron chi connectivity index (χ3n) is 1.11. The average molecular weight is 146 g/mol. The van der Waals surface area contributed by atoms with E-state index in [9.17, 15) is 4.79 Å². The molecular formula is C7H14OS. The number of hydrogen-bond donors (Lipinski definition) is 0. The molecule has 9 heavy (non-hydrogen) atoms. The van der Waals surface area contributed by atoms with Crippen molar-refractivity contribution in [3.05, 3.63) is 0 Å². The SMILES string of the molecule is CSCC(=O)C(C)(C)C. The Labute approximate surface area is 61.2 Å². The van der Waals surface area contributed by atoms with Crippen LogP contribution in [0, 0.1) is 5.41 Å². The highest BCUT2D eigenvalue weighted by Gasteiger charge is 2.19. The first kappa shape index (κ1) is 9.02. The second kappa shape index (κ2) is 3.25. The molecule has 0 aliphatic heterocycles. The highest BCUT2D eigenvalue weighted by atomic mass is 32.2. The maximum atomic E-state index is 11.0. The molecule has 0 aliphatic rings. The van der Waals surface area contributed by atoms with Gasteiger partial charge in [0.05, 0.1) is 5.75 Å². The first-order chi connectivity index (χ1) is 3.98. The lowest BCUT2D eigenvalue weighted by atomic mass is 9.92. The maximum Gasteiger partial charge on any atom is 0.148 e. The van der Waals surface area contributed by atoms with Crippen molar-refractivity contribution in [1.82, 2.24) is 0 Å². The minimum Gasteiger partial charge on any atom is -0.298 e. The third-order valence-corrected chi connectivity index (χ3v) is 1.66. The molecule has 54 valence electrons. The molecule has 2 heteroatoms. The van der Waals surface area contributed by atoms with Gasteiger partial charge in [-0.2, -0.15) is 11.8 Å². The molecule has 0 aliphatic carbocycles. The van der Waals surface area contributed by atoms with E-state index in [2.05, 4.69) is 0 Å². The smallest absolute Gasteiger partial charge is 0.148 e. The first-order valence-corrected chi connectivity index (χ1v) is 4.40. The monoisotopic (exact) mass is 146 g/mol. The number of Topliss-reactive ketones (excluding diaryl/α,β-unsaturated/α-hetero) is 1. The van der Waals surface area contributed by atoms with E-state index in [-0.39, 0.29) is 5.41 Å². The molecule has 0 aromatic rings. The summed E-state index contributed by atoms with van der Waals surface area (Å²) >= 11 is 1.59. The van der Waals surface area contributed by atoms with E-state index < -0.39 is 0 Å². The van der Waals surface area contributed by atoms with Gasteiger partial charge in [0.15, 0.2) is 0 Å². The van der Waals surface area contributed by atoms with Crippen molar-refractivity contribution in [2.45, 2.75) is 20.8 Å². The Bertz CT molecular complexity index is 102. The predicted molar refractivity (Wildman–Crippen MR) is 42.8 cm³/mol. The lowest BCUT2D eigenvalue weighted by Gasteiger charge is -2.14. The Balaban J connectivity index is 3.74.